The van der Waals surface area contributed by atoms with E-state index in [1.165, 1.54) is 12.1 Å². The van der Waals surface area contributed by atoms with Crippen molar-refractivity contribution < 1.29 is 14.0 Å². The van der Waals surface area contributed by atoms with Crippen LogP contribution in [0.25, 0.3) is 0 Å². The van der Waals surface area contributed by atoms with Crippen LogP contribution in [0.5, 0.6) is 0 Å². The van der Waals surface area contributed by atoms with E-state index in [-0.39, 0.29) is 30.1 Å². The van der Waals surface area contributed by atoms with E-state index in [0.717, 1.165) is 42.7 Å². The zero-order valence-corrected chi connectivity index (χ0v) is 21.0. The lowest BCUT2D eigenvalue weighted by Gasteiger charge is -2.33. The topological polar surface area (TPSA) is 61.4 Å². The second kappa shape index (κ2) is 11.8. The van der Waals surface area contributed by atoms with Crippen LogP contribution in [0, 0.1) is 11.7 Å². The highest BCUT2D eigenvalue weighted by Crippen LogP contribution is 2.30. The molecule has 1 unspecified atom stereocenters. The Kier molecular flexibility index (Phi) is 8.36. The SMILES string of the molecule is CCC(C(=O)Nc1ccc(N2CCC(C)CC2)c(C(=O)NCc2ccc(F)cc2)c1)c1ccccc1. The van der Waals surface area contributed by atoms with Crippen molar-refractivity contribution in [3.05, 3.63) is 95.3 Å². The van der Waals surface area contributed by atoms with Crippen molar-refractivity contribution >= 4 is 23.2 Å². The van der Waals surface area contributed by atoms with Crippen LogP contribution < -0.4 is 15.5 Å². The minimum absolute atomic E-state index is 0.0964. The van der Waals surface area contributed by atoms with E-state index >= 15 is 0 Å². The first-order chi connectivity index (χ1) is 17.4. The Hall–Kier alpha value is -3.67. The van der Waals surface area contributed by atoms with Crippen molar-refractivity contribution in [1.29, 1.82) is 0 Å². The predicted molar refractivity (Wildman–Crippen MR) is 143 cm³/mol. The number of rotatable bonds is 8. The van der Waals surface area contributed by atoms with Gasteiger partial charge in [-0.05, 0) is 66.6 Å². The molecule has 0 spiro atoms. The normalized spacial score (nSPS) is 14.8. The zero-order chi connectivity index (χ0) is 25.5. The molecule has 188 valence electrons. The van der Waals surface area contributed by atoms with Gasteiger partial charge in [0, 0.05) is 31.0 Å². The van der Waals surface area contributed by atoms with Crippen molar-refractivity contribution in [3.8, 4) is 0 Å². The largest absolute Gasteiger partial charge is 0.371 e. The summed E-state index contributed by atoms with van der Waals surface area (Å²) in [6, 6.07) is 21.4. The predicted octanol–water partition coefficient (Wildman–Crippen LogP) is 6.12. The summed E-state index contributed by atoms with van der Waals surface area (Å²) in [7, 11) is 0. The van der Waals surface area contributed by atoms with E-state index in [0.29, 0.717) is 23.6 Å². The Morgan fingerprint density at radius 2 is 1.69 bits per heavy atom. The number of amides is 2. The molecule has 1 aliphatic rings. The molecule has 5 nitrogen and oxygen atoms in total. The van der Waals surface area contributed by atoms with Crippen molar-refractivity contribution in [2.75, 3.05) is 23.3 Å². The first-order valence-electron chi connectivity index (χ1n) is 12.7. The second-order valence-electron chi connectivity index (χ2n) is 9.57. The van der Waals surface area contributed by atoms with Crippen LogP contribution in [-0.4, -0.2) is 24.9 Å². The molecule has 6 heteroatoms. The zero-order valence-electron chi connectivity index (χ0n) is 21.0. The number of halogens is 1. The fourth-order valence-corrected chi connectivity index (χ4v) is 4.69. The summed E-state index contributed by atoms with van der Waals surface area (Å²) in [5.74, 6) is -0.235. The minimum atomic E-state index is -0.309. The Labute approximate surface area is 212 Å². The standard InChI is InChI=1S/C30H34FN3O2/c1-3-26(23-7-5-4-6-8-23)30(36)33-25-13-14-28(34-17-15-21(2)16-18-34)27(19-25)29(35)32-20-22-9-11-24(31)12-10-22/h4-14,19,21,26H,3,15-18,20H2,1-2H3,(H,32,35)(H,33,36). The minimum Gasteiger partial charge on any atom is -0.371 e. The van der Waals surface area contributed by atoms with Gasteiger partial charge in [-0.15, -0.1) is 0 Å². The molecule has 1 heterocycles. The third-order valence-electron chi connectivity index (χ3n) is 6.93. The van der Waals surface area contributed by atoms with Crippen LogP contribution in [0.2, 0.25) is 0 Å². The third-order valence-corrected chi connectivity index (χ3v) is 6.93. The smallest absolute Gasteiger partial charge is 0.253 e. The van der Waals surface area contributed by atoms with Gasteiger partial charge in [-0.1, -0.05) is 56.3 Å². The van der Waals surface area contributed by atoms with Gasteiger partial charge in [-0.3, -0.25) is 9.59 Å². The van der Waals surface area contributed by atoms with Gasteiger partial charge in [0.2, 0.25) is 5.91 Å². The molecule has 0 aromatic heterocycles. The fraction of sp³-hybridized carbons (Fsp3) is 0.333. The molecular formula is C30H34FN3O2. The quantitative estimate of drug-likeness (QED) is 0.402. The van der Waals surface area contributed by atoms with Gasteiger partial charge in [0.1, 0.15) is 5.82 Å². The number of nitrogens with zero attached hydrogens (tertiary/aromatic N) is 1. The molecule has 0 aliphatic carbocycles. The first-order valence-corrected chi connectivity index (χ1v) is 12.7. The van der Waals surface area contributed by atoms with E-state index in [2.05, 4.69) is 22.5 Å². The number of hydrogen-bond acceptors (Lipinski definition) is 3. The molecule has 0 saturated carbocycles. The van der Waals surface area contributed by atoms with Gasteiger partial charge < -0.3 is 15.5 Å². The molecule has 3 aromatic carbocycles. The molecule has 3 aromatic rings. The molecule has 2 amide bonds. The number of benzene rings is 3. The molecule has 36 heavy (non-hydrogen) atoms. The molecule has 1 atom stereocenters. The molecule has 0 bridgehead atoms. The van der Waals surface area contributed by atoms with E-state index < -0.39 is 0 Å². The van der Waals surface area contributed by atoms with Crippen LogP contribution in [0.15, 0.2) is 72.8 Å². The highest BCUT2D eigenvalue weighted by atomic mass is 19.1. The number of piperidine rings is 1. The Morgan fingerprint density at radius 1 is 1.00 bits per heavy atom. The maximum absolute atomic E-state index is 13.3. The number of carbonyl (C=O) groups excluding carboxylic acids is 2. The number of carbonyl (C=O) groups is 2. The third kappa shape index (κ3) is 6.30. The van der Waals surface area contributed by atoms with Crippen LogP contribution in [-0.2, 0) is 11.3 Å². The van der Waals surface area contributed by atoms with Gasteiger partial charge in [0.15, 0.2) is 0 Å². The monoisotopic (exact) mass is 487 g/mol. The average molecular weight is 488 g/mol. The first kappa shape index (κ1) is 25.4. The number of nitrogens with one attached hydrogen (secondary N) is 2. The number of anilines is 2. The summed E-state index contributed by atoms with van der Waals surface area (Å²) in [6.07, 6.45) is 2.82. The van der Waals surface area contributed by atoms with Gasteiger partial charge in [-0.25, -0.2) is 4.39 Å². The molecular weight excluding hydrogens is 453 g/mol. The highest BCUT2D eigenvalue weighted by molar-refractivity contribution is 6.02. The average Bonchev–Trinajstić information content (AvgIpc) is 2.90. The molecule has 4 rings (SSSR count). The van der Waals surface area contributed by atoms with Gasteiger partial charge in [0.25, 0.3) is 5.91 Å². The van der Waals surface area contributed by atoms with Crippen molar-refractivity contribution in [2.45, 2.75) is 45.6 Å². The molecule has 0 radical (unpaired) electrons. The molecule has 1 aliphatic heterocycles. The van der Waals surface area contributed by atoms with Gasteiger partial charge in [0.05, 0.1) is 11.5 Å². The molecule has 1 saturated heterocycles. The Morgan fingerprint density at radius 3 is 2.36 bits per heavy atom. The van der Waals surface area contributed by atoms with Gasteiger partial charge in [-0.2, -0.15) is 0 Å². The maximum Gasteiger partial charge on any atom is 0.253 e. The summed E-state index contributed by atoms with van der Waals surface area (Å²) in [5.41, 5.74) is 3.77. The molecule has 1 fully saturated rings. The fourth-order valence-electron chi connectivity index (χ4n) is 4.69. The summed E-state index contributed by atoms with van der Waals surface area (Å²) in [5, 5.41) is 5.99. The summed E-state index contributed by atoms with van der Waals surface area (Å²) >= 11 is 0. The lowest BCUT2D eigenvalue weighted by Crippen LogP contribution is -2.35. The van der Waals surface area contributed by atoms with E-state index in [1.807, 2.05) is 49.4 Å². The van der Waals surface area contributed by atoms with Crippen LogP contribution in [0.3, 0.4) is 0 Å². The van der Waals surface area contributed by atoms with Gasteiger partial charge >= 0.3 is 0 Å². The lowest BCUT2D eigenvalue weighted by molar-refractivity contribution is -0.117. The summed E-state index contributed by atoms with van der Waals surface area (Å²) in [4.78, 5) is 28.7. The Balaban J connectivity index is 1.56. The summed E-state index contributed by atoms with van der Waals surface area (Å²) < 4.78 is 13.2. The van der Waals surface area contributed by atoms with Crippen molar-refractivity contribution in [1.82, 2.24) is 5.32 Å². The maximum atomic E-state index is 13.3. The van der Waals surface area contributed by atoms with Crippen LogP contribution in [0.1, 0.15) is 60.5 Å². The lowest BCUT2D eigenvalue weighted by atomic mass is 9.95. The second-order valence-corrected chi connectivity index (χ2v) is 9.57. The molecule has 2 N–H and O–H groups in total. The number of hydrogen-bond donors (Lipinski definition) is 2. The van der Waals surface area contributed by atoms with E-state index in [9.17, 15) is 14.0 Å². The van der Waals surface area contributed by atoms with Crippen LogP contribution in [0.4, 0.5) is 15.8 Å². The highest BCUT2D eigenvalue weighted by Gasteiger charge is 2.23. The van der Waals surface area contributed by atoms with Crippen molar-refractivity contribution in [2.24, 2.45) is 5.92 Å². The van der Waals surface area contributed by atoms with Crippen LogP contribution >= 0.6 is 0 Å². The summed E-state index contributed by atoms with van der Waals surface area (Å²) in [6.45, 7) is 6.31. The van der Waals surface area contributed by atoms with E-state index in [1.54, 1.807) is 18.2 Å². The van der Waals surface area contributed by atoms with E-state index in [4.69, 9.17) is 0 Å². The van der Waals surface area contributed by atoms with Crippen molar-refractivity contribution in [3.63, 3.8) is 0 Å². The Bertz CT molecular complexity index is 1170.